The van der Waals surface area contributed by atoms with Crippen LogP contribution in [0.3, 0.4) is 0 Å². The predicted octanol–water partition coefficient (Wildman–Crippen LogP) is 5.02. The molecule has 0 saturated heterocycles. The van der Waals surface area contributed by atoms with Gasteiger partial charge in [-0.1, -0.05) is 50.1 Å². The Balaban J connectivity index is 2.49. The molecule has 76 valence electrons. The first-order valence-electron chi connectivity index (χ1n) is 4.38. The Bertz CT molecular complexity index is 477. The summed E-state index contributed by atoms with van der Waals surface area (Å²) >= 11 is 6.58. The minimum Gasteiger partial charge on any atom is -0.206 e. The van der Waals surface area contributed by atoms with Crippen molar-refractivity contribution < 1.29 is 4.39 Å². The molecule has 0 spiro atoms. The Morgan fingerprint density at radius 3 is 2.00 bits per heavy atom. The van der Waals surface area contributed by atoms with E-state index in [1.165, 1.54) is 6.07 Å². The minimum atomic E-state index is -0.216. The molecule has 0 radical (unpaired) electrons. The summed E-state index contributed by atoms with van der Waals surface area (Å²) in [4.78, 5) is 0. The summed E-state index contributed by atoms with van der Waals surface area (Å²) in [6, 6.07) is 12.6. The fourth-order valence-electron chi connectivity index (χ4n) is 1.35. The lowest BCUT2D eigenvalue weighted by molar-refractivity contribution is 0.630. The van der Waals surface area contributed by atoms with Crippen molar-refractivity contribution in [2.24, 2.45) is 0 Å². The quantitative estimate of drug-likeness (QED) is 0.689. The molecule has 0 aromatic heterocycles. The molecule has 0 nitrogen and oxygen atoms in total. The average Bonchev–Trinajstić information content (AvgIpc) is 2.20. The molecule has 3 heteroatoms. The van der Waals surface area contributed by atoms with Gasteiger partial charge in [0, 0.05) is 14.5 Å². The molecule has 0 heterocycles. The van der Waals surface area contributed by atoms with Crippen LogP contribution in [-0.4, -0.2) is 0 Å². The maximum absolute atomic E-state index is 13.6. The Morgan fingerprint density at radius 2 is 1.40 bits per heavy atom. The van der Waals surface area contributed by atoms with E-state index in [9.17, 15) is 4.39 Å². The topological polar surface area (TPSA) is 0 Å². The summed E-state index contributed by atoms with van der Waals surface area (Å²) in [5.41, 5.74) is 1.49. The highest BCUT2D eigenvalue weighted by Gasteiger charge is 2.04. The average molecular weight is 330 g/mol. The molecule has 2 rings (SSSR count). The molecule has 0 aliphatic heterocycles. The van der Waals surface area contributed by atoms with Crippen molar-refractivity contribution in [2.75, 3.05) is 0 Å². The normalized spacial score (nSPS) is 10.3. The van der Waals surface area contributed by atoms with Crippen LogP contribution in [-0.2, 0) is 0 Å². The Morgan fingerprint density at radius 1 is 0.800 bits per heavy atom. The second-order valence-corrected chi connectivity index (χ2v) is 4.96. The van der Waals surface area contributed by atoms with E-state index in [1.54, 1.807) is 6.07 Å². The van der Waals surface area contributed by atoms with Crippen LogP contribution < -0.4 is 0 Å². The molecule has 0 atom stereocenters. The second kappa shape index (κ2) is 4.45. The lowest BCUT2D eigenvalue weighted by Crippen LogP contribution is -1.83. The van der Waals surface area contributed by atoms with E-state index in [1.807, 2.05) is 30.3 Å². The highest BCUT2D eigenvalue weighted by molar-refractivity contribution is 9.10. The van der Waals surface area contributed by atoms with Crippen molar-refractivity contribution in [1.29, 1.82) is 0 Å². The highest BCUT2D eigenvalue weighted by atomic mass is 79.9. The van der Waals surface area contributed by atoms with Crippen molar-refractivity contribution in [3.05, 3.63) is 57.2 Å². The van der Waals surface area contributed by atoms with Gasteiger partial charge in [0.15, 0.2) is 0 Å². The molecule has 0 saturated carbocycles. The van der Waals surface area contributed by atoms with E-state index in [4.69, 9.17) is 0 Å². The van der Waals surface area contributed by atoms with E-state index in [2.05, 4.69) is 31.9 Å². The SMILES string of the molecule is Fc1cc(Br)ccc1-c1ccc(Br)cc1. The minimum absolute atomic E-state index is 0.216. The Kier molecular flexibility index (Phi) is 3.22. The number of hydrogen-bond acceptors (Lipinski definition) is 0. The summed E-state index contributed by atoms with van der Waals surface area (Å²) in [6.45, 7) is 0. The standard InChI is InChI=1S/C12H7Br2F/c13-9-3-1-8(2-4-9)11-6-5-10(14)7-12(11)15/h1-7H. The monoisotopic (exact) mass is 328 g/mol. The van der Waals surface area contributed by atoms with Gasteiger partial charge in [-0.3, -0.25) is 0 Å². The van der Waals surface area contributed by atoms with Crippen LogP contribution in [0.5, 0.6) is 0 Å². The van der Waals surface area contributed by atoms with Crippen molar-refractivity contribution in [3.63, 3.8) is 0 Å². The maximum atomic E-state index is 13.6. The van der Waals surface area contributed by atoms with Crippen molar-refractivity contribution in [1.82, 2.24) is 0 Å². The fraction of sp³-hybridized carbons (Fsp3) is 0. The Hall–Kier alpha value is -0.670. The molecule has 15 heavy (non-hydrogen) atoms. The smallest absolute Gasteiger partial charge is 0.132 e. The molecule has 2 aromatic carbocycles. The summed E-state index contributed by atoms with van der Waals surface area (Å²) in [6.07, 6.45) is 0. The van der Waals surface area contributed by atoms with E-state index in [-0.39, 0.29) is 5.82 Å². The first-order chi connectivity index (χ1) is 7.16. The van der Waals surface area contributed by atoms with Crippen LogP contribution in [0.4, 0.5) is 4.39 Å². The van der Waals surface area contributed by atoms with Crippen LogP contribution in [0.2, 0.25) is 0 Å². The molecule has 0 aliphatic carbocycles. The maximum Gasteiger partial charge on any atom is 0.132 e. The lowest BCUT2D eigenvalue weighted by Gasteiger charge is -2.03. The van der Waals surface area contributed by atoms with Gasteiger partial charge in [-0.15, -0.1) is 0 Å². The first-order valence-corrected chi connectivity index (χ1v) is 5.96. The Labute approximate surface area is 104 Å². The number of halogens is 3. The fourth-order valence-corrected chi connectivity index (χ4v) is 1.95. The zero-order chi connectivity index (χ0) is 10.8. The molecule has 0 N–H and O–H groups in total. The van der Waals surface area contributed by atoms with E-state index < -0.39 is 0 Å². The van der Waals surface area contributed by atoms with Gasteiger partial charge in [-0.25, -0.2) is 4.39 Å². The molecule has 0 fully saturated rings. The third-order valence-corrected chi connectivity index (χ3v) is 3.11. The summed E-state index contributed by atoms with van der Waals surface area (Å²) in [5, 5.41) is 0. The van der Waals surface area contributed by atoms with Gasteiger partial charge in [0.1, 0.15) is 5.82 Å². The second-order valence-electron chi connectivity index (χ2n) is 3.13. The lowest BCUT2D eigenvalue weighted by atomic mass is 10.1. The molecular weight excluding hydrogens is 323 g/mol. The zero-order valence-electron chi connectivity index (χ0n) is 7.68. The number of rotatable bonds is 1. The number of benzene rings is 2. The van der Waals surface area contributed by atoms with E-state index in [0.717, 1.165) is 14.5 Å². The van der Waals surface area contributed by atoms with Gasteiger partial charge in [-0.2, -0.15) is 0 Å². The van der Waals surface area contributed by atoms with Gasteiger partial charge < -0.3 is 0 Å². The van der Waals surface area contributed by atoms with Gasteiger partial charge in [-0.05, 0) is 29.8 Å². The molecule has 0 amide bonds. The van der Waals surface area contributed by atoms with Crippen LogP contribution in [0.15, 0.2) is 51.4 Å². The summed E-state index contributed by atoms with van der Waals surface area (Å²) in [7, 11) is 0. The third kappa shape index (κ3) is 2.47. The van der Waals surface area contributed by atoms with Crippen LogP contribution in [0.25, 0.3) is 11.1 Å². The largest absolute Gasteiger partial charge is 0.206 e. The first kappa shape index (κ1) is 10.8. The summed E-state index contributed by atoms with van der Waals surface area (Å²) < 4.78 is 15.3. The van der Waals surface area contributed by atoms with Crippen LogP contribution in [0, 0.1) is 5.82 Å². The molecule has 0 unspecified atom stereocenters. The molecular formula is C12H7Br2F. The van der Waals surface area contributed by atoms with Crippen LogP contribution in [0.1, 0.15) is 0 Å². The molecule has 0 bridgehead atoms. The predicted molar refractivity (Wildman–Crippen MR) is 67.2 cm³/mol. The van der Waals surface area contributed by atoms with E-state index >= 15 is 0 Å². The highest BCUT2D eigenvalue weighted by Crippen LogP contribution is 2.26. The molecule has 0 aliphatic rings. The van der Waals surface area contributed by atoms with Gasteiger partial charge in [0.25, 0.3) is 0 Å². The zero-order valence-corrected chi connectivity index (χ0v) is 10.8. The summed E-state index contributed by atoms with van der Waals surface area (Å²) in [5.74, 6) is -0.216. The van der Waals surface area contributed by atoms with Crippen molar-refractivity contribution in [2.45, 2.75) is 0 Å². The van der Waals surface area contributed by atoms with Gasteiger partial charge >= 0.3 is 0 Å². The number of hydrogen-bond donors (Lipinski definition) is 0. The van der Waals surface area contributed by atoms with Crippen LogP contribution >= 0.6 is 31.9 Å². The van der Waals surface area contributed by atoms with E-state index in [0.29, 0.717) is 5.56 Å². The molecule has 2 aromatic rings. The van der Waals surface area contributed by atoms with Crippen molar-refractivity contribution in [3.8, 4) is 11.1 Å². The van der Waals surface area contributed by atoms with Crippen molar-refractivity contribution >= 4 is 31.9 Å². The van der Waals surface area contributed by atoms with Gasteiger partial charge in [0.05, 0.1) is 0 Å². The third-order valence-electron chi connectivity index (χ3n) is 2.09. The van der Waals surface area contributed by atoms with Gasteiger partial charge in [0.2, 0.25) is 0 Å².